The number of nitrogens with one attached hydrogen (secondary N) is 1. The summed E-state index contributed by atoms with van der Waals surface area (Å²) >= 11 is 0. The lowest BCUT2D eigenvalue weighted by molar-refractivity contribution is -0.132. The molecule has 0 aliphatic carbocycles. The van der Waals surface area contributed by atoms with Gasteiger partial charge in [-0.25, -0.2) is 9.78 Å². The lowest BCUT2D eigenvalue weighted by Gasteiger charge is -2.39. The number of carbonyl (C=O) groups excluding carboxylic acids is 1. The molecule has 1 amide bonds. The average Bonchev–Trinajstić information content (AvgIpc) is 3.66. The first-order valence-corrected chi connectivity index (χ1v) is 14.8. The minimum atomic E-state index is -1.15. The Bertz CT molecular complexity index is 1620. The summed E-state index contributed by atoms with van der Waals surface area (Å²) in [6.45, 7) is 6.78. The van der Waals surface area contributed by atoms with E-state index in [1.54, 1.807) is 4.90 Å². The second-order valence-corrected chi connectivity index (χ2v) is 11.5. The van der Waals surface area contributed by atoms with E-state index in [1.165, 1.54) is 0 Å². The number of hydrogen-bond donors (Lipinski definition) is 2. The highest BCUT2D eigenvalue weighted by atomic mass is 16.5. The Labute approximate surface area is 250 Å². The second-order valence-electron chi connectivity index (χ2n) is 11.5. The van der Waals surface area contributed by atoms with Gasteiger partial charge >= 0.3 is 5.97 Å². The van der Waals surface area contributed by atoms with Crippen molar-refractivity contribution in [2.24, 2.45) is 0 Å². The SMILES string of the molecule is Cc1ccc2[nH]ncc2c1N1CCc2c(nc(OCC3CCCN3C)c(C#N)c2N2CCN(C(=O)/C=C/C(=O)O)CC2)C1. The van der Waals surface area contributed by atoms with Crippen LogP contribution in [0, 0.1) is 18.3 Å². The van der Waals surface area contributed by atoms with Crippen LogP contribution < -0.4 is 14.5 Å². The molecule has 12 nitrogen and oxygen atoms in total. The van der Waals surface area contributed by atoms with E-state index < -0.39 is 5.97 Å². The number of carboxylic acids is 1. The molecular weight excluding hydrogens is 548 g/mol. The topological polar surface area (TPSA) is 142 Å². The zero-order valence-electron chi connectivity index (χ0n) is 24.5. The molecule has 224 valence electrons. The Balaban J connectivity index is 1.33. The lowest BCUT2D eigenvalue weighted by atomic mass is 9.97. The summed E-state index contributed by atoms with van der Waals surface area (Å²) in [6.07, 6.45) is 6.69. The smallest absolute Gasteiger partial charge is 0.328 e. The molecule has 0 spiro atoms. The number of piperazine rings is 1. The Morgan fingerprint density at radius 3 is 2.67 bits per heavy atom. The van der Waals surface area contributed by atoms with Crippen molar-refractivity contribution >= 4 is 34.2 Å². The fourth-order valence-electron chi connectivity index (χ4n) is 6.57. The highest BCUT2D eigenvalue weighted by Gasteiger charge is 2.32. The maximum absolute atomic E-state index is 12.5. The predicted molar refractivity (Wildman–Crippen MR) is 161 cm³/mol. The second kappa shape index (κ2) is 11.9. The number of benzene rings is 1. The number of fused-ring (bicyclic) bond motifs is 2. The Morgan fingerprint density at radius 1 is 1.14 bits per heavy atom. The summed E-state index contributed by atoms with van der Waals surface area (Å²) in [4.78, 5) is 36.8. The third kappa shape index (κ3) is 5.60. The normalized spacial score (nSPS) is 19.2. The third-order valence-electron chi connectivity index (χ3n) is 8.88. The van der Waals surface area contributed by atoms with Gasteiger partial charge in [0.05, 0.1) is 35.3 Å². The number of likely N-dealkylation sites (N-methyl/N-ethyl adjacent to an activating group) is 1. The van der Waals surface area contributed by atoms with Gasteiger partial charge in [0, 0.05) is 61.9 Å². The quantitative estimate of drug-likeness (QED) is 0.398. The van der Waals surface area contributed by atoms with E-state index in [-0.39, 0.29) is 11.9 Å². The molecule has 2 fully saturated rings. The molecule has 6 rings (SSSR count). The van der Waals surface area contributed by atoms with E-state index in [0.29, 0.717) is 57.2 Å². The number of ether oxygens (including phenoxy) is 1. The van der Waals surface area contributed by atoms with Crippen molar-refractivity contribution in [2.75, 3.05) is 62.7 Å². The first-order chi connectivity index (χ1) is 20.8. The van der Waals surface area contributed by atoms with E-state index in [0.717, 1.165) is 77.2 Å². The van der Waals surface area contributed by atoms with Gasteiger partial charge in [0.15, 0.2) is 0 Å². The first-order valence-electron chi connectivity index (χ1n) is 14.8. The Kier molecular flexibility index (Phi) is 7.90. The molecule has 2 saturated heterocycles. The van der Waals surface area contributed by atoms with Crippen LogP contribution >= 0.6 is 0 Å². The van der Waals surface area contributed by atoms with Crippen molar-refractivity contribution in [2.45, 2.75) is 38.8 Å². The monoisotopic (exact) mass is 584 g/mol. The number of pyridine rings is 1. The molecule has 0 bridgehead atoms. The van der Waals surface area contributed by atoms with Crippen LogP contribution in [-0.2, 0) is 22.6 Å². The van der Waals surface area contributed by atoms with E-state index in [4.69, 9.17) is 14.8 Å². The van der Waals surface area contributed by atoms with Crippen LogP contribution in [0.15, 0.2) is 30.5 Å². The van der Waals surface area contributed by atoms with E-state index in [1.807, 2.05) is 12.3 Å². The number of rotatable bonds is 7. The number of aliphatic carboxylic acids is 1. The number of aromatic amines is 1. The van der Waals surface area contributed by atoms with E-state index in [2.05, 4.69) is 51.0 Å². The predicted octanol–water partition coefficient (Wildman–Crippen LogP) is 2.46. The number of amides is 1. The van der Waals surface area contributed by atoms with Gasteiger partial charge in [-0.3, -0.25) is 9.89 Å². The lowest BCUT2D eigenvalue weighted by Crippen LogP contribution is -2.49. The van der Waals surface area contributed by atoms with Crippen molar-refractivity contribution in [3.63, 3.8) is 0 Å². The van der Waals surface area contributed by atoms with Gasteiger partial charge in [0.2, 0.25) is 11.8 Å². The molecule has 43 heavy (non-hydrogen) atoms. The number of nitrogens with zero attached hydrogens (tertiary/aromatic N) is 7. The first kappa shape index (κ1) is 28.5. The molecule has 2 N–H and O–H groups in total. The van der Waals surface area contributed by atoms with Crippen molar-refractivity contribution in [1.82, 2.24) is 25.0 Å². The number of carboxylic acid groups (broad SMARTS) is 1. The Hall–Kier alpha value is -4.63. The third-order valence-corrected chi connectivity index (χ3v) is 8.88. The molecule has 3 aromatic rings. The minimum absolute atomic E-state index is 0.277. The van der Waals surface area contributed by atoms with E-state index in [9.17, 15) is 14.9 Å². The highest BCUT2D eigenvalue weighted by Crippen LogP contribution is 2.39. The molecule has 5 heterocycles. The summed E-state index contributed by atoms with van der Waals surface area (Å²) in [6, 6.07) is 6.83. The van der Waals surface area contributed by atoms with Crippen molar-refractivity contribution in [3.8, 4) is 11.9 Å². The molecule has 3 aliphatic rings. The molecule has 0 saturated carbocycles. The standard InChI is InChI=1S/C31H36N8O4/c1-20-5-6-25-24(17-33-35-25)29(20)39-11-9-22-26(18-39)34-31(43-19-21-4-3-10-36(21)2)23(16-32)30(22)38-14-12-37(13-15-38)27(40)7-8-28(41)42/h5-8,17,21H,3-4,9-15,18-19H2,1-2H3,(H,33,35)(H,41,42)/b8-7+. The summed E-state index contributed by atoms with van der Waals surface area (Å²) in [5.41, 5.74) is 6.47. The number of nitriles is 1. The zero-order valence-corrected chi connectivity index (χ0v) is 24.5. The number of aromatic nitrogens is 3. The fourth-order valence-corrected chi connectivity index (χ4v) is 6.57. The number of H-pyrrole nitrogens is 1. The molecular formula is C31H36N8O4. The molecule has 2 aromatic heterocycles. The highest BCUT2D eigenvalue weighted by molar-refractivity contribution is 5.94. The van der Waals surface area contributed by atoms with Crippen LogP contribution in [0.3, 0.4) is 0 Å². The van der Waals surface area contributed by atoms with Gasteiger partial charge in [-0.15, -0.1) is 0 Å². The van der Waals surface area contributed by atoms with Gasteiger partial charge in [0.25, 0.3) is 0 Å². The number of anilines is 2. The van der Waals surface area contributed by atoms with E-state index >= 15 is 0 Å². The fraction of sp³-hybridized carbons (Fsp3) is 0.452. The summed E-state index contributed by atoms with van der Waals surface area (Å²) in [5.74, 6) is -1.12. The van der Waals surface area contributed by atoms with Crippen LogP contribution in [0.1, 0.15) is 35.2 Å². The maximum Gasteiger partial charge on any atom is 0.328 e. The van der Waals surface area contributed by atoms with Crippen LogP contribution in [-0.4, -0.2) is 101 Å². The van der Waals surface area contributed by atoms with Crippen molar-refractivity contribution in [1.29, 1.82) is 5.26 Å². The van der Waals surface area contributed by atoms with Gasteiger partial charge in [-0.2, -0.15) is 10.4 Å². The minimum Gasteiger partial charge on any atom is -0.478 e. The van der Waals surface area contributed by atoms with Crippen LogP contribution in [0.4, 0.5) is 11.4 Å². The molecule has 3 aliphatic heterocycles. The van der Waals surface area contributed by atoms with Gasteiger partial charge in [-0.05, 0) is 51.4 Å². The summed E-state index contributed by atoms with van der Waals surface area (Å²) < 4.78 is 6.35. The zero-order chi connectivity index (χ0) is 30.1. The van der Waals surface area contributed by atoms with Crippen LogP contribution in [0.2, 0.25) is 0 Å². The summed E-state index contributed by atoms with van der Waals surface area (Å²) in [7, 11) is 2.10. The Morgan fingerprint density at radius 2 is 1.95 bits per heavy atom. The average molecular weight is 585 g/mol. The van der Waals surface area contributed by atoms with Crippen molar-refractivity contribution in [3.05, 3.63) is 52.9 Å². The molecule has 1 unspecified atom stereocenters. The number of hydrogen-bond acceptors (Lipinski definition) is 9. The van der Waals surface area contributed by atoms with Gasteiger partial charge < -0.3 is 29.4 Å². The molecule has 0 radical (unpaired) electrons. The molecule has 12 heteroatoms. The number of likely N-dealkylation sites (tertiary alicyclic amines) is 1. The molecule has 1 aromatic carbocycles. The largest absolute Gasteiger partial charge is 0.478 e. The van der Waals surface area contributed by atoms with Crippen LogP contribution in [0.25, 0.3) is 10.9 Å². The molecule has 1 atom stereocenters. The summed E-state index contributed by atoms with van der Waals surface area (Å²) in [5, 5.41) is 27.7. The maximum atomic E-state index is 12.5. The van der Waals surface area contributed by atoms with Gasteiger partial charge in [-0.1, -0.05) is 6.07 Å². The van der Waals surface area contributed by atoms with Crippen LogP contribution in [0.5, 0.6) is 5.88 Å². The van der Waals surface area contributed by atoms with Gasteiger partial charge in [0.1, 0.15) is 18.2 Å². The number of carbonyl (C=O) groups is 2. The number of aryl methyl sites for hydroxylation is 1. The van der Waals surface area contributed by atoms with Crippen molar-refractivity contribution < 1.29 is 19.4 Å².